The van der Waals surface area contributed by atoms with E-state index in [0.29, 0.717) is 6.04 Å². The summed E-state index contributed by atoms with van der Waals surface area (Å²) in [5, 5.41) is 7.84. The van der Waals surface area contributed by atoms with Crippen molar-refractivity contribution in [1.82, 2.24) is 25.4 Å². The van der Waals surface area contributed by atoms with Crippen molar-refractivity contribution >= 4 is 17.3 Å². The summed E-state index contributed by atoms with van der Waals surface area (Å²) in [6, 6.07) is 2.80. The second-order valence-corrected chi connectivity index (χ2v) is 10.4. The number of unbranched alkanes of at least 4 members (excludes halogenated alkanes) is 1. The van der Waals surface area contributed by atoms with E-state index in [9.17, 15) is 0 Å². The SMILES string of the molecule is CCCN(C)CCCCc1cc(C)c2c(n1)CCCC(NC(=S)NCCCN(CC)CC)CC2. The maximum absolute atomic E-state index is 5.60. The highest BCUT2D eigenvalue weighted by Gasteiger charge is 2.18. The van der Waals surface area contributed by atoms with Crippen LogP contribution in [0.25, 0.3) is 0 Å². The smallest absolute Gasteiger partial charge is 0.166 e. The molecule has 1 atom stereocenters. The first-order chi connectivity index (χ1) is 16.5. The van der Waals surface area contributed by atoms with Crippen LogP contribution in [0.3, 0.4) is 0 Å². The second-order valence-electron chi connectivity index (χ2n) is 10.0. The summed E-state index contributed by atoms with van der Waals surface area (Å²) < 4.78 is 0. The molecule has 0 fully saturated rings. The van der Waals surface area contributed by atoms with Gasteiger partial charge in [0.2, 0.25) is 0 Å². The molecule has 0 saturated heterocycles. The summed E-state index contributed by atoms with van der Waals surface area (Å²) >= 11 is 5.60. The van der Waals surface area contributed by atoms with E-state index in [1.54, 1.807) is 0 Å². The van der Waals surface area contributed by atoms with Gasteiger partial charge in [-0.05, 0) is 140 Å². The van der Waals surface area contributed by atoms with Gasteiger partial charge in [0.1, 0.15) is 0 Å². The zero-order valence-electron chi connectivity index (χ0n) is 22.7. The van der Waals surface area contributed by atoms with Crippen molar-refractivity contribution in [3.63, 3.8) is 0 Å². The molecule has 1 aliphatic rings. The number of rotatable bonds is 14. The van der Waals surface area contributed by atoms with Gasteiger partial charge >= 0.3 is 0 Å². The van der Waals surface area contributed by atoms with Crippen molar-refractivity contribution in [3.8, 4) is 0 Å². The number of fused-ring (bicyclic) bond motifs is 1. The molecule has 0 saturated carbocycles. The van der Waals surface area contributed by atoms with E-state index in [1.165, 1.54) is 61.3 Å². The molecule has 2 rings (SSSR count). The van der Waals surface area contributed by atoms with Gasteiger partial charge in [-0.2, -0.15) is 0 Å². The Morgan fingerprint density at radius 2 is 1.85 bits per heavy atom. The number of nitrogens with one attached hydrogen (secondary N) is 2. The van der Waals surface area contributed by atoms with Gasteiger partial charge in [-0.15, -0.1) is 0 Å². The number of nitrogens with zero attached hydrogens (tertiary/aromatic N) is 3. The Bertz CT molecular complexity index is 719. The molecule has 0 aromatic carbocycles. The quantitative estimate of drug-likeness (QED) is 0.287. The fourth-order valence-electron chi connectivity index (χ4n) is 5.10. The second kappa shape index (κ2) is 16.4. The highest BCUT2D eigenvalue weighted by Crippen LogP contribution is 2.23. The summed E-state index contributed by atoms with van der Waals surface area (Å²) in [7, 11) is 2.23. The molecule has 0 bridgehead atoms. The first-order valence-electron chi connectivity index (χ1n) is 13.9. The standard InChI is InChI=1S/C28H51N5S/c1-6-19-32(5)20-10-9-13-25-22-23(4)26-17-16-24(14-11-15-27(26)30-25)31-28(34)29-18-12-21-33(7-2)8-3/h22,24H,6-21H2,1-5H3,(H2,29,31,34). The first-order valence-corrected chi connectivity index (χ1v) is 14.3. The van der Waals surface area contributed by atoms with Gasteiger partial charge in [0.15, 0.2) is 5.11 Å². The van der Waals surface area contributed by atoms with Crippen LogP contribution in [0, 0.1) is 6.92 Å². The van der Waals surface area contributed by atoms with Gasteiger partial charge in [-0.25, -0.2) is 0 Å². The zero-order valence-corrected chi connectivity index (χ0v) is 23.5. The van der Waals surface area contributed by atoms with Crippen molar-refractivity contribution in [3.05, 3.63) is 28.6 Å². The molecule has 0 radical (unpaired) electrons. The minimum Gasteiger partial charge on any atom is -0.363 e. The van der Waals surface area contributed by atoms with Gasteiger partial charge in [0.25, 0.3) is 0 Å². The molecule has 1 unspecified atom stereocenters. The fraction of sp³-hybridized carbons (Fsp3) is 0.786. The largest absolute Gasteiger partial charge is 0.363 e. The van der Waals surface area contributed by atoms with Crippen LogP contribution in [0.1, 0.15) is 88.2 Å². The van der Waals surface area contributed by atoms with Crippen molar-refractivity contribution in [2.45, 2.75) is 97.9 Å². The van der Waals surface area contributed by atoms with Gasteiger partial charge in [-0.1, -0.05) is 20.8 Å². The average molecular weight is 490 g/mol. The summed E-state index contributed by atoms with van der Waals surface area (Å²) in [6.07, 6.45) is 11.6. The third-order valence-electron chi connectivity index (χ3n) is 7.19. The van der Waals surface area contributed by atoms with E-state index in [0.717, 1.165) is 69.8 Å². The lowest BCUT2D eigenvalue weighted by molar-refractivity contribution is 0.300. The highest BCUT2D eigenvalue weighted by atomic mass is 32.1. The average Bonchev–Trinajstić information content (AvgIpc) is 2.79. The van der Waals surface area contributed by atoms with Gasteiger partial charge in [0.05, 0.1) is 0 Å². The number of pyridine rings is 1. The number of hydrogen-bond acceptors (Lipinski definition) is 4. The van der Waals surface area contributed by atoms with Crippen molar-refractivity contribution < 1.29 is 0 Å². The van der Waals surface area contributed by atoms with E-state index in [-0.39, 0.29) is 0 Å². The van der Waals surface area contributed by atoms with Gasteiger partial charge < -0.3 is 20.4 Å². The van der Waals surface area contributed by atoms with Gasteiger partial charge in [0, 0.05) is 24.0 Å². The first kappa shape index (κ1) is 29.0. The predicted molar refractivity (Wildman–Crippen MR) is 151 cm³/mol. The summed E-state index contributed by atoms with van der Waals surface area (Å²) in [4.78, 5) is 10.0. The molecule has 2 N–H and O–H groups in total. The third kappa shape index (κ3) is 10.6. The minimum atomic E-state index is 0.454. The Hall–Kier alpha value is -1.24. The molecule has 34 heavy (non-hydrogen) atoms. The van der Waals surface area contributed by atoms with E-state index in [4.69, 9.17) is 17.2 Å². The number of aryl methyl sites for hydroxylation is 3. The molecule has 1 aromatic heterocycles. The Kier molecular flexibility index (Phi) is 14.0. The Morgan fingerprint density at radius 3 is 2.59 bits per heavy atom. The van der Waals surface area contributed by atoms with E-state index in [1.807, 2.05) is 0 Å². The lowest BCUT2D eigenvalue weighted by atomic mass is 9.91. The van der Waals surface area contributed by atoms with Crippen molar-refractivity contribution in [1.29, 1.82) is 0 Å². The summed E-state index contributed by atoms with van der Waals surface area (Å²) in [5.41, 5.74) is 5.56. The summed E-state index contributed by atoms with van der Waals surface area (Å²) in [5.74, 6) is 0. The van der Waals surface area contributed by atoms with Crippen LogP contribution in [0.5, 0.6) is 0 Å². The highest BCUT2D eigenvalue weighted by molar-refractivity contribution is 7.80. The normalized spacial score (nSPS) is 16.3. The lowest BCUT2D eigenvalue weighted by Gasteiger charge is -2.25. The Balaban J connectivity index is 1.78. The van der Waals surface area contributed by atoms with Crippen molar-refractivity contribution in [2.75, 3.05) is 46.3 Å². The molecule has 0 amide bonds. The monoisotopic (exact) mass is 489 g/mol. The van der Waals surface area contributed by atoms with Crippen LogP contribution < -0.4 is 10.6 Å². The van der Waals surface area contributed by atoms with Crippen LogP contribution in [-0.4, -0.2) is 72.3 Å². The molecule has 0 aliphatic heterocycles. The van der Waals surface area contributed by atoms with Gasteiger partial charge in [-0.3, -0.25) is 4.98 Å². The van der Waals surface area contributed by atoms with E-state index >= 15 is 0 Å². The topological polar surface area (TPSA) is 43.4 Å². The molecular weight excluding hydrogens is 438 g/mol. The maximum atomic E-state index is 5.60. The van der Waals surface area contributed by atoms with Crippen molar-refractivity contribution in [2.24, 2.45) is 0 Å². The molecule has 1 heterocycles. The number of thiocarbonyl (C=S) groups is 1. The Labute approximate surface area is 215 Å². The molecule has 1 aliphatic carbocycles. The fourth-order valence-corrected chi connectivity index (χ4v) is 5.37. The third-order valence-corrected chi connectivity index (χ3v) is 7.45. The van der Waals surface area contributed by atoms with Crippen LogP contribution in [-0.2, 0) is 19.3 Å². The molecule has 194 valence electrons. The molecule has 0 spiro atoms. The molecule has 1 aromatic rings. The maximum Gasteiger partial charge on any atom is 0.166 e. The number of hydrogen-bond donors (Lipinski definition) is 2. The molecular formula is C28H51N5S. The number of aromatic nitrogens is 1. The van der Waals surface area contributed by atoms with Crippen LogP contribution in [0.4, 0.5) is 0 Å². The summed E-state index contributed by atoms with van der Waals surface area (Å²) in [6.45, 7) is 15.7. The lowest BCUT2D eigenvalue weighted by Crippen LogP contribution is -2.43. The molecule has 5 nitrogen and oxygen atoms in total. The van der Waals surface area contributed by atoms with E-state index in [2.05, 4.69) is 61.2 Å². The Morgan fingerprint density at radius 1 is 1.06 bits per heavy atom. The van der Waals surface area contributed by atoms with Crippen LogP contribution in [0.2, 0.25) is 0 Å². The zero-order chi connectivity index (χ0) is 24.8. The molecule has 6 heteroatoms. The van der Waals surface area contributed by atoms with Crippen LogP contribution in [0.15, 0.2) is 6.07 Å². The van der Waals surface area contributed by atoms with Crippen LogP contribution >= 0.6 is 12.2 Å². The predicted octanol–water partition coefficient (Wildman–Crippen LogP) is 4.89. The van der Waals surface area contributed by atoms with E-state index < -0.39 is 0 Å². The minimum absolute atomic E-state index is 0.454.